The topological polar surface area (TPSA) is 90.2 Å². The number of nitrogens with zero attached hydrogens (tertiary/aromatic N) is 1. The van der Waals surface area contributed by atoms with Crippen LogP contribution in [0.3, 0.4) is 0 Å². The van der Waals surface area contributed by atoms with Crippen LogP contribution in [0.2, 0.25) is 0 Å². The number of aliphatic carboxylic acids is 1. The van der Waals surface area contributed by atoms with E-state index in [0.717, 1.165) is 47.9 Å². The number of carboxylic acids is 1. The van der Waals surface area contributed by atoms with Crippen molar-refractivity contribution in [2.75, 3.05) is 17.7 Å². The first-order valence-corrected chi connectivity index (χ1v) is 13.8. The largest absolute Gasteiger partial charge is 0.478 e. The van der Waals surface area contributed by atoms with Gasteiger partial charge in [-0.15, -0.1) is 11.8 Å². The van der Waals surface area contributed by atoms with E-state index in [1.807, 2.05) is 56.5 Å². The zero-order valence-corrected chi connectivity index (χ0v) is 21.2. The molecule has 3 N–H and O–H groups in total. The number of benzene rings is 2. The summed E-state index contributed by atoms with van der Waals surface area (Å²) in [5.74, 6) is -0.673. The summed E-state index contributed by atoms with van der Waals surface area (Å²) < 4.78 is 28.3. The van der Waals surface area contributed by atoms with Gasteiger partial charge >= 0.3 is 5.97 Å². The zero-order valence-electron chi connectivity index (χ0n) is 19.5. The van der Waals surface area contributed by atoms with Crippen molar-refractivity contribution in [2.24, 2.45) is 5.92 Å². The molecular weight excluding hydrogens is 458 g/mol. The Hall–Kier alpha value is -2.13. The quantitative estimate of drug-likeness (QED) is 0.204. The molecule has 3 rings (SSSR count). The molecule has 33 heavy (non-hydrogen) atoms. The summed E-state index contributed by atoms with van der Waals surface area (Å²) in [5.41, 5.74) is 1.73. The highest BCUT2D eigenvalue weighted by Crippen LogP contribution is 2.67. The summed E-state index contributed by atoms with van der Waals surface area (Å²) in [4.78, 5) is 14.3. The van der Waals surface area contributed by atoms with Gasteiger partial charge in [-0.2, -0.15) is 10.6 Å². The van der Waals surface area contributed by atoms with Gasteiger partial charge in [-0.1, -0.05) is 38.0 Å². The van der Waals surface area contributed by atoms with Crippen LogP contribution in [0.5, 0.6) is 5.75 Å². The Balaban J connectivity index is 2.23. The first-order valence-electron chi connectivity index (χ1n) is 11.0. The number of hydrogen-bond acceptors (Lipinski definition) is 6. The van der Waals surface area contributed by atoms with Crippen molar-refractivity contribution in [3.8, 4) is 5.75 Å². The van der Waals surface area contributed by atoms with E-state index in [9.17, 15) is 13.9 Å². The minimum absolute atomic E-state index is 0.0454. The second kappa shape index (κ2) is 10.4. The lowest BCUT2D eigenvalue weighted by Crippen LogP contribution is -2.40. The van der Waals surface area contributed by atoms with E-state index in [-0.39, 0.29) is 5.92 Å². The fourth-order valence-corrected chi connectivity index (χ4v) is 6.68. The molecule has 0 bridgehead atoms. The molecule has 0 saturated carbocycles. The first-order chi connectivity index (χ1) is 15.6. The third-order valence-corrected chi connectivity index (χ3v) is 9.84. The molecule has 0 amide bonds. The smallest absolute Gasteiger partial charge is 0.331 e. The second-order valence-electron chi connectivity index (χ2n) is 8.67. The number of ether oxygens (including phenoxy) is 1. The standard InChI is InChI=1S/C25H33NO5S2/c1-5-6-10-18-17-26(19-11-8-7-9-12-19)20-15-22(32-4)21(31-14-13-24(27)28)16-23(20)33(29,30)25(18,2)3/h7-9,11-16,18,29-30H,5-6,10,17H2,1-4H3,(H,27,28)/b14-13+. The Labute approximate surface area is 202 Å². The molecule has 0 saturated heterocycles. The Bertz CT molecular complexity index is 1010. The molecule has 0 aromatic heterocycles. The lowest BCUT2D eigenvalue weighted by atomic mass is 9.89. The Morgan fingerprint density at radius 1 is 1.27 bits per heavy atom. The van der Waals surface area contributed by atoms with E-state index < -0.39 is 21.3 Å². The zero-order chi connectivity index (χ0) is 24.2. The maximum Gasteiger partial charge on any atom is 0.331 e. The second-order valence-corrected chi connectivity index (χ2v) is 12.1. The first kappa shape index (κ1) is 25.5. The van der Waals surface area contributed by atoms with Crippen LogP contribution < -0.4 is 9.64 Å². The lowest BCUT2D eigenvalue weighted by Gasteiger charge is -2.49. The molecular formula is C25H33NO5S2. The maximum absolute atomic E-state index is 11.7. The van der Waals surface area contributed by atoms with Gasteiger partial charge in [-0.3, -0.25) is 9.11 Å². The molecule has 2 aromatic rings. The summed E-state index contributed by atoms with van der Waals surface area (Å²) >= 11 is 1.46. The summed E-state index contributed by atoms with van der Waals surface area (Å²) in [7, 11) is -3.24. The van der Waals surface area contributed by atoms with Crippen molar-refractivity contribution in [1.29, 1.82) is 0 Å². The molecule has 2 aromatic carbocycles. The summed E-state index contributed by atoms with van der Waals surface area (Å²) in [5, 5.41) is 8.91. The van der Waals surface area contributed by atoms with Gasteiger partial charge < -0.3 is 14.7 Å². The van der Waals surface area contributed by atoms with Crippen LogP contribution in [0.4, 0.5) is 11.4 Å². The average molecular weight is 492 g/mol. The predicted octanol–water partition coefficient (Wildman–Crippen LogP) is 7.23. The molecule has 8 heteroatoms. The Morgan fingerprint density at radius 3 is 2.58 bits per heavy atom. The van der Waals surface area contributed by atoms with Crippen molar-refractivity contribution in [3.63, 3.8) is 0 Å². The summed E-state index contributed by atoms with van der Waals surface area (Å²) in [6.45, 7) is 6.68. The third kappa shape index (κ3) is 5.19. The predicted molar refractivity (Wildman–Crippen MR) is 137 cm³/mol. The third-order valence-electron chi connectivity index (χ3n) is 6.34. The van der Waals surface area contributed by atoms with Gasteiger partial charge in [0.2, 0.25) is 0 Å². The van der Waals surface area contributed by atoms with E-state index in [0.29, 0.717) is 17.2 Å². The van der Waals surface area contributed by atoms with Gasteiger partial charge in [0.1, 0.15) is 5.75 Å². The van der Waals surface area contributed by atoms with E-state index in [1.54, 1.807) is 6.07 Å². The Kier molecular flexibility index (Phi) is 8.05. The molecule has 1 atom stereocenters. The van der Waals surface area contributed by atoms with E-state index in [2.05, 4.69) is 11.8 Å². The molecule has 6 nitrogen and oxygen atoms in total. The molecule has 0 spiro atoms. The summed E-state index contributed by atoms with van der Waals surface area (Å²) in [6, 6.07) is 13.6. The molecule has 0 aliphatic carbocycles. The van der Waals surface area contributed by atoms with Gasteiger partial charge in [0, 0.05) is 18.3 Å². The minimum Gasteiger partial charge on any atom is -0.478 e. The maximum atomic E-state index is 11.7. The number of fused-ring (bicyclic) bond motifs is 1. The monoisotopic (exact) mass is 491 g/mol. The number of hydrogen-bond donors (Lipinski definition) is 3. The minimum atomic E-state index is -3.24. The van der Waals surface area contributed by atoms with Crippen molar-refractivity contribution >= 4 is 39.7 Å². The number of thioether (sulfide) groups is 1. The molecule has 1 aliphatic heterocycles. The van der Waals surface area contributed by atoms with E-state index in [1.165, 1.54) is 11.8 Å². The van der Waals surface area contributed by atoms with Gasteiger partial charge in [0.25, 0.3) is 0 Å². The van der Waals surface area contributed by atoms with Crippen molar-refractivity contribution in [2.45, 2.75) is 54.6 Å². The molecule has 1 heterocycles. The molecule has 180 valence electrons. The fraction of sp³-hybridized carbons (Fsp3) is 0.400. The van der Waals surface area contributed by atoms with Crippen molar-refractivity contribution in [3.05, 3.63) is 54.8 Å². The number of carboxylic acid groups (broad SMARTS) is 1. The van der Waals surface area contributed by atoms with Gasteiger partial charge in [0.05, 0.1) is 32.6 Å². The number of anilines is 2. The fourth-order valence-electron chi connectivity index (χ4n) is 4.18. The van der Waals surface area contributed by atoms with Crippen molar-refractivity contribution in [1.82, 2.24) is 0 Å². The van der Waals surface area contributed by atoms with Gasteiger partial charge in [0.15, 0.2) is 0 Å². The highest BCUT2D eigenvalue weighted by atomic mass is 32.3. The average Bonchev–Trinajstić information content (AvgIpc) is 2.84. The van der Waals surface area contributed by atoms with E-state index in [4.69, 9.17) is 9.84 Å². The van der Waals surface area contributed by atoms with Gasteiger partial charge in [-0.25, -0.2) is 4.79 Å². The summed E-state index contributed by atoms with van der Waals surface area (Å²) in [6.07, 6.45) is 6.86. The SMILES string of the molecule is CCCCC1CN(c2ccccc2)c2cc(SC)c(O/C=C/C(=O)O)cc2S(O)(O)C1(C)C. The highest BCUT2D eigenvalue weighted by molar-refractivity contribution is 8.25. The van der Waals surface area contributed by atoms with E-state index >= 15 is 0 Å². The van der Waals surface area contributed by atoms with Crippen LogP contribution in [0.1, 0.15) is 40.0 Å². The van der Waals surface area contributed by atoms with Crippen LogP contribution in [0.25, 0.3) is 0 Å². The van der Waals surface area contributed by atoms with Gasteiger partial charge in [-0.05, 0) is 50.6 Å². The van der Waals surface area contributed by atoms with Crippen LogP contribution in [-0.2, 0) is 4.79 Å². The molecule has 0 fully saturated rings. The highest BCUT2D eigenvalue weighted by Gasteiger charge is 2.47. The number of unbranched alkanes of at least 4 members (excludes halogenated alkanes) is 1. The van der Waals surface area contributed by atoms with Crippen molar-refractivity contribution < 1.29 is 23.7 Å². The van der Waals surface area contributed by atoms with Crippen LogP contribution >= 0.6 is 22.4 Å². The number of para-hydroxylation sites is 1. The number of carbonyl (C=O) groups is 1. The van der Waals surface area contributed by atoms with Crippen LogP contribution in [0.15, 0.2) is 64.6 Å². The molecule has 1 unspecified atom stereocenters. The number of rotatable bonds is 8. The van der Waals surface area contributed by atoms with Crippen LogP contribution in [0, 0.1) is 5.92 Å². The normalized spacial score (nSPS) is 20.2. The molecule has 1 aliphatic rings. The Morgan fingerprint density at radius 2 is 1.97 bits per heavy atom. The lowest BCUT2D eigenvalue weighted by molar-refractivity contribution is -0.131. The van der Waals surface area contributed by atoms with Crippen LogP contribution in [-0.4, -0.2) is 37.7 Å². The molecule has 0 radical (unpaired) electrons.